The number of alkyl halides is 1. The van der Waals surface area contributed by atoms with Crippen molar-refractivity contribution in [3.05, 3.63) is 30.3 Å². The van der Waals surface area contributed by atoms with E-state index in [0.29, 0.717) is 12.3 Å². The normalized spacial score (nSPS) is 11.9. The monoisotopic (exact) mass is 227 g/mol. The maximum absolute atomic E-state index is 11.2. The molecular weight excluding hydrogens is 214 g/mol. The first-order valence-electron chi connectivity index (χ1n) is 4.77. The minimum absolute atomic E-state index is 0.0215. The molecule has 0 aliphatic heterocycles. The third-order valence-corrected chi connectivity index (χ3v) is 1.85. The average molecular weight is 228 g/mol. The molecule has 0 aliphatic carbocycles. The van der Waals surface area contributed by atoms with Gasteiger partial charge in [0.25, 0.3) is 5.91 Å². The number of ether oxygens (including phenoxy) is 1. The van der Waals surface area contributed by atoms with Crippen LogP contribution in [0.25, 0.3) is 0 Å². The van der Waals surface area contributed by atoms with Crippen LogP contribution >= 0.6 is 11.6 Å². The van der Waals surface area contributed by atoms with Crippen molar-refractivity contribution in [3.63, 3.8) is 0 Å². The van der Waals surface area contributed by atoms with Gasteiger partial charge in [0.1, 0.15) is 5.75 Å². The summed E-state index contributed by atoms with van der Waals surface area (Å²) in [6.07, 6.45) is 0. The standard InChI is InChI=1S/C11H14ClNO2/c1-9(12)7-13-11(14)8-15-10-5-3-2-4-6-10/h2-6,9H,7-8H2,1H3,(H,13,14). The number of hydrogen-bond donors (Lipinski definition) is 1. The summed E-state index contributed by atoms with van der Waals surface area (Å²) in [6.45, 7) is 2.30. The fourth-order valence-corrected chi connectivity index (χ4v) is 1.05. The van der Waals surface area contributed by atoms with Gasteiger partial charge in [-0.25, -0.2) is 0 Å². The second kappa shape index (κ2) is 6.30. The number of para-hydroxylation sites is 1. The first-order valence-corrected chi connectivity index (χ1v) is 5.20. The second-order valence-electron chi connectivity index (χ2n) is 3.19. The predicted molar refractivity (Wildman–Crippen MR) is 60.3 cm³/mol. The largest absolute Gasteiger partial charge is 0.484 e. The van der Waals surface area contributed by atoms with Crippen LogP contribution in [-0.4, -0.2) is 24.4 Å². The zero-order chi connectivity index (χ0) is 11.1. The summed E-state index contributed by atoms with van der Waals surface area (Å²) in [6, 6.07) is 9.21. The van der Waals surface area contributed by atoms with Crippen LogP contribution in [0.5, 0.6) is 5.75 Å². The summed E-state index contributed by atoms with van der Waals surface area (Å²) in [5.74, 6) is 0.526. The summed E-state index contributed by atoms with van der Waals surface area (Å²) in [5, 5.41) is 2.59. The minimum atomic E-state index is -0.161. The molecule has 1 unspecified atom stereocenters. The highest BCUT2D eigenvalue weighted by molar-refractivity contribution is 6.20. The van der Waals surface area contributed by atoms with Gasteiger partial charge in [-0.15, -0.1) is 11.6 Å². The predicted octanol–water partition coefficient (Wildman–Crippen LogP) is 1.81. The van der Waals surface area contributed by atoms with E-state index in [1.807, 2.05) is 25.1 Å². The van der Waals surface area contributed by atoms with E-state index in [-0.39, 0.29) is 17.9 Å². The van der Waals surface area contributed by atoms with Crippen LogP contribution < -0.4 is 10.1 Å². The zero-order valence-electron chi connectivity index (χ0n) is 8.57. The van der Waals surface area contributed by atoms with Crippen molar-refractivity contribution in [1.82, 2.24) is 5.32 Å². The lowest BCUT2D eigenvalue weighted by Gasteiger charge is -2.07. The molecule has 1 N–H and O–H groups in total. The molecule has 1 aromatic carbocycles. The Bertz CT molecular complexity index is 301. The van der Waals surface area contributed by atoms with Gasteiger partial charge in [-0.05, 0) is 19.1 Å². The van der Waals surface area contributed by atoms with E-state index in [9.17, 15) is 4.79 Å². The van der Waals surface area contributed by atoms with E-state index in [1.54, 1.807) is 12.1 Å². The molecule has 1 amide bonds. The van der Waals surface area contributed by atoms with Crippen molar-refractivity contribution < 1.29 is 9.53 Å². The van der Waals surface area contributed by atoms with Gasteiger partial charge in [0.2, 0.25) is 0 Å². The van der Waals surface area contributed by atoms with Crippen LogP contribution in [0.3, 0.4) is 0 Å². The summed E-state index contributed by atoms with van der Waals surface area (Å²) in [5.41, 5.74) is 0. The number of hydrogen-bond acceptors (Lipinski definition) is 2. The van der Waals surface area contributed by atoms with Crippen LogP contribution in [0.4, 0.5) is 0 Å². The molecule has 1 rings (SSSR count). The first kappa shape index (κ1) is 11.9. The fourth-order valence-electron chi connectivity index (χ4n) is 0.971. The van der Waals surface area contributed by atoms with Crippen molar-refractivity contribution in [2.45, 2.75) is 12.3 Å². The van der Waals surface area contributed by atoms with E-state index < -0.39 is 0 Å². The van der Waals surface area contributed by atoms with E-state index in [2.05, 4.69) is 5.32 Å². The Morgan fingerprint density at radius 1 is 1.47 bits per heavy atom. The summed E-state index contributed by atoms with van der Waals surface area (Å²) >= 11 is 5.68. The fraction of sp³-hybridized carbons (Fsp3) is 0.364. The molecule has 0 spiro atoms. The van der Waals surface area contributed by atoms with Crippen LogP contribution in [-0.2, 0) is 4.79 Å². The molecule has 0 saturated heterocycles. The van der Waals surface area contributed by atoms with Crippen LogP contribution in [0.2, 0.25) is 0 Å². The maximum atomic E-state index is 11.2. The number of halogens is 1. The number of benzene rings is 1. The molecule has 0 radical (unpaired) electrons. The Balaban J connectivity index is 2.23. The lowest BCUT2D eigenvalue weighted by Crippen LogP contribution is -2.32. The van der Waals surface area contributed by atoms with Crippen molar-refractivity contribution in [3.8, 4) is 5.75 Å². The van der Waals surface area contributed by atoms with Gasteiger partial charge in [-0.3, -0.25) is 4.79 Å². The van der Waals surface area contributed by atoms with Crippen molar-refractivity contribution >= 4 is 17.5 Å². The van der Waals surface area contributed by atoms with Crippen LogP contribution in [0.1, 0.15) is 6.92 Å². The summed E-state index contributed by atoms with van der Waals surface area (Å²) in [7, 11) is 0. The minimum Gasteiger partial charge on any atom is -0.484 e. The number of carbonyl (C=O) groups excluding carboxylic acids is 1. The SMILES string of the molecule is CC(Cl)CNC(=O)COc1ccccc1. The molecular formula is C11H14ClNO2. The summed E-state index contributed by atoms with van der Waals surface area (Å²) < 4.78 is 5.24. The van der Waals surface area contributed by atoms with Gasteiger partial charge in [-0.2, -0.15) is 0 Å². The average Bonchev–Trinajstić information content (AvgIpc) is 2.25. The highest BCUT2D eigenvalue weighted by Crippen LogP contribution is 2.07. The van der Waals surface area contributed by atoms with Crippen molar-refractivity contribution in [2.24, 2.45) is 0 Å². The molecule has 4 heteroatoms. The Hall–Kier alpha value is -1.22. The molecule has 0 saturated carbocycles. The molecule has 1 aromatic rings. The number of rotatable bonds is 5. The molecule has 3 nitrogen and oxygen atoms in total. The second-order valence-corrected chi connectivity index (χ2v) is 3.93. The van der Waals surface area contributed by atoms with E-state index in [4.69, 9.17) is 16.3 Å². The van der Waals surface area contributed by atoms with E-state index in [0.717, 1.165) is 0 Å². The molecule has 0 fully saturated rings. The topological polar surface area (TPSA) is 38.3 Å². The lowest BCUT2D eigenvalue weighted by molar-refractivity contribution is -0.123. The highest BCUT2D eigenvalue weighted by Gasteiger charge is 2.03. The molecule has 82 valence electrons. The third kappa shape index (κ3) is 5.27. The van der Waals surface area contributed by atoms with Crippen molar-refractivity contribution in [1.29, 1.82) is 0 Å². The Kier molecular flexibility index (Phi) is 4.98. The summed E-state index contributed by atoms with van der Waals surface area (Å²) in [4.78, 5) is 11.2. The molecule has 0 heterocycles. The number of nitrogens with one attached hydrogen (secondary N) is 1. The third-order valence-electron chi connectivity index (χ3n) is 1.69. The Morgan fingerprint density at radius 3 is 2.73 bits per heavy atom. The smallest absolute Gasteiger partial charge is 0.257 e. The highest BCUT2D eigenvalue weighted by atomic mass is 35.5. The number of amides is 1. The zero-order valence-corrected chi connectivity index (χ0v) is 9.33. The number of carbonyl (C=O) groups is 1. The molecule has 0 aromatic heterocycles. The molecule has 15 heavy (non-hydrogen) atoms. The van der Waals surface area contributed by atoms with E-state index >= 15 is 0 Å². The van der Waals surface area contributed by atoms with Crippen LogP contribution in [0, 0.1) is 0 Å². The maximum Gasteiger partial charge on any atom is 0.257 e. The van der Waals surface area contributed by atoms with E-state index in [1.165, 1.54) is 0 Å². The van der Waals surface area contributed by atoms with Gasteiger partial charge in [-0.1, -0.05) is 18.2 Å². The molecule has 0 bridgehead atoms. The van der Waals surface area contributed by atoms with Gasteiger partial charge >= 0.3 is 0 Å². The Labute approximate surface area is 94.4 Å². The van der Waals surface area contributed by atoms with Gasteiger partial charge in [0, 0.05) is 11.9 Å². The van der Waals surface area contributed by atoms with Crippen LogP contribution in [0.15, 0.2) is 30.3 Å². The molecule has 1 atom stereocenters. The molecule has 0 aliphatic rings. The van der Waals surface area contributed by atoms with Crippen molar-refractivity contribution in [2.75, 3.05) is 13.2 Å². The quantitative estimate of drug-likeness (QED) is 0.780. The van der Waals surface area contributed by atoms with Gasteiger partial charge in [0.15, 0.2) is 6.61 Å². The van der Waals surface area contributed by atoms with Gasteiger partial charge in [0.05, 0.1) is 0 Å². The lowest BCUT2D eigenvalue weighted by atomic mass is 10.3. The van der Waals surface area contributed by atoms with Gasteiger partial charge < -0.3 is 10.1 Å². The Morgan fingerprint density at radius 2 is 2.13 bits per heavy atom. The first-order chi connectivity index (χ1) is 7.18.